The normalized spacial score (nSPS) is 11.7. The number of hydrogen-bond donors (Lipinski definition) is 0. The molecule has 9 heteroatoms. The summed E-state index contributed by atoms with van der Waals surface area (Å²) >= 11 is 3.29. The molecule has 0 saturated heterocycles. The van der Waals surface area contributed by atoms with Crippen LogP contribution in [0.5, 0.6) is 0 Å². The summed E-state index contributed by atoms with van der Waals surface area (Å²) < 4.78 is 70.7. The molecular formula is C17H11BrF3NO3S. The summed E-state index contributed by atoms with van der Waals surface area (Å²) in [6, 6.07) is 8.44. The molecule has 0 spiro atoms. The predicted molar refractivity (Wildman–Crippen MR) is 92.9 cm³/mol. The van der Waals surface area contributed by atoms with Gasteiger partial charge in [0.1, 0.15) is 22.2 Å². The fourth-order valence-electron chi connectivity index (χ4n) is 2.58. The molecule has 0 amide bonds. The standard InChI is InChI=1S/C17H11BrF3NO3S/c1-26(23,24)17-12(20)6-10(7-13(17)21)15-14(8-19)25-22-16(15)9-2-4-11(18)5-3-9/h2-7H,8H2,1H3. The maximum absolute atomic E-state index is 14.3. The maximum atomic E-state index is 14.3. The zero-order chi connectivity index (χ0) is 19.1. The van der Waals surface area contributed by atoms with Crippen LogP contribution in [0.25, 0.3) is 22.4 Å². The first kappa shape index (κ1) is 18.7. The summed E-state index contributed by atoms with van der Waals surface area (Å²) in [6.07, 6.45) is 0.702. The summed E-state index contributed by atoms with van der Waals surface area (Å²) in [4.78, 5) is -1.04. The van der Waals surface area contributed by atoms with Crippen molar-refractivity contribution < 1.29 is 26.1 Å². The number of benzene rings is 2. The van der Waals surface area contributed by atoms with Gasteiger partial charge in [-0.2, -0.15) is 0 Å². The van der Waals surface area contributed by atoms with Gasteiger partial charge in [-0.05, 0) is 29.8 Å². The van der Waals surface area contributed by atoms with Crippen LogP contribution in [0.3, 0.4) is 0 Å². The van der Waals surface area contributed by atoms with Crippen molar-refractivity contribution in [1.82, 2.24) is 5.16 Å². The summed E-state index contributed by atoms with van der Waals surface area (Å²) in [5, 5.41) is 3.80. The quantitative estimate of drug-likeness (QED) is 0.571. The second-order valence-electron chi connectivity index (χ2n) is 5.51. The van der Waals surface area contributed by atoms with E-state index < -0.39 is 33.0 Å². The van der Waals surface area contributed by atoms with Crippen molar-refractivity contribution in [3.05, 3.63) is 58.3 Å². The van der Waals surface area contributed by atoms with Gasteiger partial charge in [0.15, 0.2) is 22.3 Å². The van der Waals surface area contributed by atoms with Gasteiger partial charge in [-0.1, -0.05) is 33.2 Å². The first-order valence-electron chi connectivity index (χ1n) is 7.22. The third-order valence-electron chi connectivity index (χ3n) is 3.66. The molecule has 1 heterocycles. The minimum atomic E-state index is -4.10. The number of halogens is 4. The Morgan fingerprint density at radius 2 is 1.65 bits per heavy atom. The molecule has 0 aliphatic rings. The van der Waals surface area contributed by atoms with Crippen LogP contribution >= 0.6 is 15.9 Å². The van der Waals surface area contributed by atoms with E-state index >= 15 is 0 Å². The number of nitrogens with zero attached hydrogens (tertiary/aromatic N) is 1. The number of aromatic nitrogens is 1. The van der Waals surface area contributed by atoms with Crippen LogP contribution in [0.2, 0.25) is 0 Å². The molecule has 0 atom stereocenters. The zero-order valence-corrected chi connectivity index (χ0v) is 15.7. The molecule has 0 radical (unpaired) electrons. The minimum Gasteiger partial charge on any atom is -0.357 e. The average Bonchev–Trinajstić information content (AvgIpc) is 2.97. The lowest BCUT2D eigenvalue weighted by Crippen LogP contribution is -2.05. The highest BCUT2D eigenvalue weighted by Crippen LogP contribution is 2.37. The predicted octanol–water partition coefficient (Wildman–Crippen LogP) is 4.92. The smallest absolute Gasteiger partial charge is 0.181 e. The highest BCUT2D eigenvalue weighted by atomic mass is 79.9. The fourth-order valence-corrected chi connectivity index (χ4v) is 3.67. The molecule has 0 saturated carbocycles. The monoisotopic (exact) mass is 445 g/mol. The highest BCUT2D eigenvalue weighted by molar-refractivity contribution is 9.10. The Morgan fingerprint density at radius 3 is 2.15 bits per heavy atom. The molecule has 0 fully saturated rings. The van der Waals surface area contributed by atoms with Crippen LogP contribution in [0.4, 0.5) is 13.2 Å². The first-order chi connectivity index (χ1) is 12.2. The van der Waals surface area contributed by atoms with E-state index in [1.54, 1.807) is 24.3 Å². The van der Waals surface area contributed by atoms with Crippen molar-refractivity contribution in [3.8, 4) is 22.4 Å². The molecule has 0 aliphatic heterocycles. The Balaban J connectivity index is 2.24. The third-order valence-corrected chi connectivity index (χ3v) is 5.32. The largest absolute Gasteiger partial charge is 0.357 e. The van der Waals surface area contributed by atoms with Crippen LogP contribution in [-0.4, -0.2) is 19.8 Å². The Bertz CT molecular complexity index is 1060. The van der Waals surface area contributed by atoms with E-state index in [1.165, 1.54) is 0 Å². The summed E-state index contributed by atoms with van der Waals surface area (Å²) in [7, 11) is -4.10. The Labute approximate surface area is 155 Å². The maximum Gasteiger partial charge on any atom is 0.181 e. The first-order valence-corrected chi connectivity index (χ1v) is 9.90. The number of sulfone groups is 1. The molecule has 0 bridgehead atoms. The Kier molecular flexibility index (Phi) is 4.94. The zero-order valence-electron chi connectivity index (χ0n) is 13.3. The summed E-state index contributed by atoms with van der Waals surface area (Å²) in [5.41, 5.74) is 0.725. The van der Waals surface area contributed by atoms with Gasteiger partial charge in [-0.25, -0.2) is 21.6 Å². The molecular weight excluding hydrogens is 435 g/mol. The molecule has 26 heavy (non-hydrogen) atoms. The molecule has 3 rings (SSSR count). The van der Waals surface area contributed by atoms with Gasteiger partial charge in [0.25, 0.3) is 0 Å². The average molecular weight is 446 g/mol. The summed E-state index contributed by atoms with van der Waals surface area (Å²) in [5.74, 6) is -2.75. The minimum absolute atomic E-state index is 0.0627. The van der Waals surface area contributed by atoms with Crippen molar-refractivity contribution in [2.45, 2.75) is 11.6 Å². The van der Waals surface area contributed by atoms with Crippen molar-refractivity contribution >= 4 is 25.8 Å². The van der Waals surface area contributed by atoms with Crippen LogP contribution in [-0.2, 0) is 16.5 Å². The molecule has 0 N–H and O–H groups in total. The number of hydrogen-bond acceptors (Lipinski definition) is 4. The number of rotatable bonds is 4. The van der Waals surface area contributed by atoms with Gasteiger partial charge in [0.05, 0.1) is 5.56 Å². The van der Waals surface area contributed by atoms with Gasteiger partial charge in [-0.3, -0.25) is 0 Å². The van der Waals surface area contributed by atoms with Crippen molar-refractivity contribution in [1.29, 1.82) is 0 Å². The summed E-state index contributed by atoms with van der Waals surface area (Å²) in [6.45, 7) is -1.05. The van der Waals surface area contributed by atoms with Crippen LogP contribution in [0.1, 0.15) is 5.76 Å². The lowest BCUT2D eigenvalue weighted by Gasteiger charge is -2.08. The second-order valence-corrected chi connectivity index (χ2v) is 8.38. The molecule has 3 aromatic rings. The molecule has 4 nitrogen and oxygen atoms in total. The van der Waals surface area contributed by atoms with E-state index in [2.05, 4.69) is 21.1 Å². The van der Waals surface area contributed by atoms with Gasteiger partial charge < -0.3 is 4.52 Å². The molecule has 2 aromatic carbocycles. The van der Waals surface area contributed by atoms with Gasteiger partial charge in [0.2, 0.25) is 0 Å². The van der Waals surface area contributed by atoms with E-state index in [9.17, 15) is 21.6 Å². The molecule has 0 aliphatic carbocycles. The van der Waals surface area contributed by atoms with Gasteiger partial charge in [-0.15, -0.1) is 0 Å². The molecule has 136 valence electrons. The van der Waals surface area contributed by atoms with E-state index in [4.69, 9.17) is 4.52 Å². The Hall–Kier alpha value is -2.13. The number of alkyl halides is 1. The van der Waals surface area contributed by atoms with E-state index in [1.807, 2.05) is 0 Å². The second kappa shape index (κ2) is 6.88. The van der Waals surface area contributed by atoms with E-state index in [0.717, 1.165) is 16.6 Å². The lowest BCUT2D eigenvalue weighted by atomic mass is 9.99. The van der Waals surface area contributed by atoms with Crippen molar-refractivity contribution in [2.24, 2.45) is 0 Å². The SMILES string of the molecule is CS(=O)(=O)c1c(F)cc(-c2c(-c3ccc(Br)cc3)noc2CF)cc1F. The van der Waals surface area contributed by atoms with Gasteiger partial charge in [0, 0.05) is 16.3 Å². The third kappa shape index (κ3) is 3.41. The molecule has 1 aromatic heterocycles. The highest BCUT2D eigenvalue weighted by Gasteiger charge is 2.25. The Morgan fingerprint density at radius 1 is 1.08 bits per heavy atom. The fraction of sp³-hybridized carbons (Fsp3) is 0.118. The van der Waals surface area contributed by atoms with E-state index in [-0.39, 0.29) is 22.6 Å². The van der Waals surface area contributed by atoms with Crippen LogP contribution in [0.15, 0.2) is 50.3 Å². The lowest BCUT2D eigenvalue weighted by molar-refractivity contribution is 0.332. The van der Waals surface area contributed by atoms with Crippen LogP contribution in [0, 0.1) is 11.6 Å². The molecule has 0 unspecified atom stereocenters. The topological polar surface area (TPSA) is 60.2 Å². The van der Waals surface area contributed by atoms with Gasteiger partial charge >= 0.3 is 0 Å². The van der Waals surface area contributed by atoms with Crippen molar-refractivity contribution in [3.63, 3.8) is 0 Å². The van der Waals surface area contributed by atoms with Crippen LogP contribution < -0.4 is 0 Å². The van der Waals surface area contributed by atoms with Crippen molar-refractivity contribution in [2.75, 3.05) is 6.26 Å². The van der Waals surface area contributed by atoms with E-state index in [0.29, 0.717) is 11.8 Å².